The second-order valence-electron chi connectivity index (χ2n) is 6.70. The Labute approximate surface area is 143 Å². The number of nitrogens with zero attached hydrogens (tertiary/aromatic N) is 1. The number of unbranched alkanes of at least 4 members (excludes halogenated alkanes) is 2. The number of hydrogen-bond donors (Lipinski definition) is 0. The first-order valence-corrected chi connectivity index (χ1v) is 9.47. The largest absolute Gasteiger partial charge is 0.335 e. The maximum absolute atomic E-state index is 12.7. The van der Waals surface area contributed by atoms with Crippen molar-refractivity contribution < 1.29 is 4.79 Å². The third-order valence-electron chi connectivity index (χ3n) is 4.44. The third-order valence-corrected chi connectivity index (χ3v) is 4.44. The van der Waals surface area contributed by atoms with Crippen LogP contribution in [0.3, 0.4) is 0 Å². The lowest BCUT2D eigenvalue weighted by Gasteiger charge is -2.32. The van der Waals surface area contributed by atoms with Gasteiger partial charge in [0.15, 0.2) is 0 Å². The maximum Gasteiger partial charge on any atom is 0.223 e. The van der Waals surface area contributed by atoms with Crippen LogP contribution in [-0.2, 0) is 11.3 Å². The predicted molar refractivity (Wildman–Crippen MR) is 99.5 cm³/mol. The van der Waals surface area contributed by atoms with Crippen molar-refractivity contribution in [1.82, 2.24) is 4.90 Å². The van der Waals surface area contributed by atoms with Gasteiger partial charge in [-0.05, 0) is 31.7 Å². The van der Waals surface area contributed by atoms with E-state index < -0.39 is 0 Å². The van der Waals surface area contributed by atoms with Gasteiger partial charge in [-0.1, -0.05) is 76.3 Å². The maximum atomic E-state index is 12.7. The van der Waals surface area contributed by atoms with Crippen molar-refractivity contribution in [1.29, 1.82) is 0 Å². The van der Waals surface area contributed by atoms with Gasteiger partial charge in [0.1, 0.15) is 0 Å². The zero-order valence-electron chi connectivity index (χ0n) is 15.6. The lowest BCUT2D eigenvalue weighted by molar-refractivity contribution is -0.134. The molecule has 0 saturated carbocycles. The molecule has 0 saturated heterocycles. The van der Waals surface area contributed by atoms with E-state index in [0.29, 0.717) is 18.4 Å². The molecular weight excluding hydrogens is 282 g/mol. The van der Waals surface area contributed by atoms with Gasteiger partial charge < -0.3 is 4.90 Å². The number of carbonyl (C=O) groups excluding carboxylic acids is 1. The molecule has 1 amide bonds. The second kappa shape index (κ2) is 11.3. The molecule has 1 aromatic carbocycles. The highest BCUT2D eigenvalue weighted by atomic mass is 16.2. The van der Waals surface area contributed by atoms with E-state index in [1.807, 2.05) is 0 Å². The number of rotatable bonds is 11. The van der Waals surface area contributed by atoms with Crippen molar-refractivity contribution in [3.63, 3.8) is 0 Å². The smallest absolute Gasteiger partial charge is 0.223 e. The number of aryl methyl sites for hydroxylation is 1. The molecule has 130 valence electrons. The van der Waals surface area contributed by atoms with Crippen LogP contribution in [-0.4, -0.2) is 16.8 Å². The van der Waals surface area contributed by atoms with Gasteiger partial charge >= 0.3 is 0 Å². The molecule has 0 aromatic heterocycles. The zero-order valence-corrected chi connectivity index (χ0v) is 15.6. The lowest BCUT2D eigenvalue weighted by atomic mass is 10.00. The first-order valence-electron chi connectivity index (χ1n) is 9.47. The van der Waals surface area contributed by atoms with Crippen molar-refractivity contribution in [3.05, 3.63) is 35.4 Å². The standard InChI is InChI=1S/C21H35NO/c1-5-8-14-20(15-9-6-2)22(21(23)11-7-3)17-19-13-10-12-18(4)16-19/h10,12-13,16,20H,5-9,11,14-15,17H2,1-4H3. The summed E-state index contributed by atoms with van der Waals surface area (Å²) >= 11 is 0. The monoisotopic (exact) mass is 317 g/mol. The molecule has 0 aliphatic carbocycles. The first kappa shape index (κ1) is 19.7. The van der Waals surface area contributed by atoms with E-state index in [4.69, 9.17) is 0 Å². The lowest BCUT2D eigenvalue weighted by Crippen LogP contribution is -2.39. The fourth-order valence-corrected chi connectivity index (χ4v) is 3.12. The Kier molecular flexibility index (Phi) is 9.66. The molecule has 0 aliphatic heterocycles. The summed E-state index contributed by atoms with van der Waals surface area (Å²) in [5.41, 5.74) is 2.52. The molecule has 0 radical (unpaired) electrons. The Balaban J connectivity index is 2.92. The highest BCUT2D eigenvalue weighted by molar-refractivity contribution is 5.76. The molecule has 0 N–H and O–H groups in total. The second-order valence-corrected chi connectivity index (χ2v) is 6.70. The van der Waals surface area contributed by atoms with Crippen LogP contribution in [0.25, 0.3) is 0 Å². The minimum Gasteiger partial charge on any atom is -0.335 e. The van der Waals surface area contributed by atoms with Gasteiger partial charge in [0.05, 0.1) is 0 Å². The molecule has 0 spiro atoms. The van der Waals surface area contributed by atoms with E-state index in [2.05, 4.69) is 56.9 Å². The quantitative estimate of drug-likeness (QED) is 0.499. The molecule has 0 fully saturated rings. The van der Waals surface area contributed by atoms with E-state index >= 15 is 0 Å². The summed E-state index contributed by atoms with van der Waals surface area (Å²) in [6.45, 7) is 9.44. The molecule has 0 bridgehead atoms. The molecule has 1 aromatic rings. The topological polar surface area (TPSA) is 20.3 Å². The molecule has 23 heavy (non-hydrogen) atoms. The van der Waals surface area contributed by atoms with Crippen LogP contribution in [0.5, 0.6) is 0 Å². The van der Waals surface area contributed by atoms with Crippen molar-refractivity contribution >= 4 is 5.91 Å². The summed E-state index contributed by atoms with van der Waals surface area (Å²) < 4.78 is 0. The van der Waals surface area contributed by atoms with Crippen LogP contribution < -0.4 is 0 Å². The van der Waals surface area contributed by atoms with Crippen molar-refractivity contribution in [2.24, 2.45) is 0 Å². The van der Waals surface area contributed by atoms with Crippen molar-refractivity contribution in [2.45, 2.75) is 91.6 Å². The Bertz CT molecular complexity index is 447. The van der Waals surface area contributed by atoms with E-state index in [1.54, 1.807) is 0 Å². The summed E-state index contributed by atoms with van der Waals surface area (Å²) in [6.07, 6.45) is 8.68. The van der Waals surface area contributed by atoms with Crippen LogP contribution in [0.4, 0.5) is 0 Å². The number of carbonyl (C=O) groups is 1. The van der Waals surface area contributed by atoms with Gasteiger partial charge in [-0.15, -0.1) is 0 Å². The summed E-state index contributed by atoms with van der Waals surface area (Å²) in [4.78, 5) is 14.9. The van der Waals surface area contributed by atoms with E-state index in [9.17, 15) is 4.79 Å². The predicted octanol–water partition coefficient (Wildman–Crippen LogP) is 5.87. The Morgan fingerprint density at radius 1 is 1.04 bits per heavy atom. The first-order chi connectivity index (χ1) is 11.1. The molecule has 0 aliphatic rings. The fraction of sp³-hybridized carbons (Fsp3) is 0.667. The van der Waals surface area contributed by atoms with Crippen molar-refractivity contribution in [2.75, 3.05) is 0 Å². The molecule has 2 nitrogen and oxygen atoms in total. The fourth-order valence-electron chi connectivity index (χ4n) is 3.12. The minimum atomic E-state index is 0.325. The highest BCUT2D eigenvalue weighted by Crippen LogP contribution is 2.20. The molecule has 1 rings (SSSR count). The van der Waals surface area contributed by atoms with E-state index in [-0.39, 0.29) is 0 Å². The van der Waals surface area contributed by atoms with Gasteiger partial charge in [0, 0.05) is 19.0 Å². The molecule has 0 unspecified atom stereocenters. The third kappa shape index (κ3) is 7.20. The van der Waals surface area contributed by atoms with Crippen LogP contribution >= 0.6 is 0 Å². The SMILES string of the molecule is CCCCC(CCCC)N(Cc1cccc(C)c1)C(=O)CCC. The number of amides is 1. The average molecular weight is 318 g/mol. The molecule has 0 heterocycles. The van der Waals surface area contributed by atoms with Gasteiger partial charge in [-0.3, -0.25) is 4.79 Å². The van der Waals surface area contributed by atoms with E-state index in [1.165, 1.54) is 36.8 Å². The normalized spacial score (nSPS) is 11.0. The number of benzene rings is 1. The Hall–Kier alpha value is -1.31. The van der Waals surface area contributed by atoms with Gasteiger partial charge in [-0.2, -0.15) is 0 Å². The van der Waals surface area contributed by atoms with Gasteiger partial charge in [0.2, 0.25) is 5.91 Å². The molecule has 0 atom stereocenters. The van der Waals surface area contributed by atoms with Crippen LogP contribution in [0.2, 0.25) is 0 Å². The summed E-state index contributed by atoms with van der Waals surface area (Å²) in [6, 6.07) is 8.97. The minimum absolute atomic E-state index is 0.325. The highest BCUT2D eigenvalue weighted by Gasteiger charge is 2.22. The Morgan fingerprint density at radius 3 is 2.22 bits per heavy atom. The van der Waals surface area contributed by atoms with Gasteiger partial charge in [0.25, 0.3) is 0 Å². The van der Waals surface area contributed by atoms with E-state index in [0.717, 1.165) is 25.8 Å². The van der Waals surface area contributed by atoms with Crippen LogP contribution in [0.1, 0.15) is 83.3 Å². The summed E-state index contributed by atoms with van der Waals surface area (Å²) in [7, 11) is 0. The zero-order chi connectivity index (χ0) is 17.1. The summed E-state index contributed by atoms with van der Waals surface area (Å²) in [5.74, 6) is 0.325. The summed E-state index contributed by atoms with van der Waals surface area (Å²) in [5, 5.41) is 0. The number of hydrogen-bond acceptors (Lipinski definition) is 1. The molecule has 2 heteroatoms. The average Bonchev–Trinajstić information content (AvgIpc) is 2.53. The van der Waals surface area contributed by atoms with Gasteiger partial charge in [-0.25, -0.2) is 0 Å². The Morgan fingerprint density at radius 2 is 1.70 bits per heavy atom. The van der Waals surface area contributed by atoms with Crippen LogP contribution in [0.15, 0.2) is 24.3 Å². The molecular formula is C21H35NO. The van der Waals surface area contributed by atoms with Crippen LogP contribution in [0, 0.1) is 6.92 Å². The van der Waals surface area contributed by atoms with Crippen molar-refractivity contribution in [3.8, 4) is 0 Å².